The number of allylic oxidation sites excluding steroid dienone is 5. The molecule has 2 heteroatoms. The van der Waals surface area contributed by atoms with Crippen LogP contribution in [-0.4, -0.2) is 5.91 Å². The largest absolute Gasteiger partial charge is 0.284 e. The van der Waals surface area contributed by atoms with Crippen molar-refractivity contribution >= 4 is 11.6 Å². The number of anilines is 1. The number of hydrogen-bond donors (Lipinski definition) is 0. The Hall–Kier alpha value is -2.87. The summed E-state index contributed by atoms with van der Waals surface area (Å²) in [6.07, 6.45) is 10.3. The van der Waals surface area contributed by atoms with Crippen molar-refractivity contribution in [3.05, 3.63) is 102 Å². The molecule has 118 valence electrons. The smallest absolute Gasteiger partial charge is 0.239 e. The first kappa shape index (κ1) is 14.7. The molecule has 1 aliphatic heterocycles. The molecule has 0 N–H and O–H groups in total. The maximum absolute atomic E-state index is 13.3. The van der Waals surface area contributed by atoms with Gasteiger partial charge in [0.05, 0.1) is 5.92 Å². The van der Waals surface area contributed by atoms with E-state index in [0.717, 1.165) is 16.9 Å². The van der Waals surface area contributed by atoms with Crippen LogP contribution in [0.4, 0.5) is 5.69 Å². The normalized spacial score (nSPS) is 22.3. The average molecular weight is 313 g/mol. The molecule has 4 rings (SSSR count). The van der Waals surface area contributed by atoms with E-state index in [1.54, 1.807) is 0 Å². The number of benzene rings is 2. The zero-order valence-electron chi connectivity index (χ0n) is 13.6. The molecule has 1 amide bonds. The summed E-state index contributed by atoms with van der Waals surface area (Å²) < 4.78 is 0. The lowest BCUT2D eigenvalue weighted by Crippen LogP contribution is -2.25. The van der Waals surface area contributed by atoms with Crippen molar-refractivity contribution < 1.29 is 4.79 Å². The van der Waals surface area contributed by atoms with Crippen LogP contribution in [0.25, 0.3) is 0 Å². The fourth-order valence-corrected chi connectivity index (χ4v) is 3.52. The van der Waals surface area contributed by atoms with Gasteiger partial charge in [-0.3, -0.25) is 9.69 Å². The minimum atomic E-state index is -0.171. The first-order chi connectivity index (χ1) is 11.8. The summed E-state index contributed by atoms with van der Waals surface area (Å²) in [4.78, 5) is 15.2. The highest BCUT2D eigenvalue weighted by atomic mass is 16.2. The van der Waals surface area contributed by atoms with Crippen LogP contribution in [0, 0.1) is 12.8 Å². The molecule has 1 fully saturated rings. The van der Waals surface area contributed by atoms with Gasteiger partial charge in [0.1, 0.15) is 0 Å². The van der Waals surface area contributed by atoms with Crippen molar-refractivity contribution in [2.45, 2.75) is 12.8 Å². The highest BCUT2D eigenvalue weighted by molar-refractivity contribution is 6.05. The molecule has 1 heterocycles. The van der Waals surface area contributed by atoms with Gasteiger partial charge in [0.2, 0.25) is 5.91 Å². The lowest BCUT2D eigenvalue weighted by atomic mass is 9.87. The van der Waals surface area contributed by atoms with Crippen molar-refractivity contribution in [3.8, 4) is 0 Å². The van der Waals surface area contributed by atoms with Crippen LogP contribution in [-0.2, 0) is 4.79 Å². The number of carbonyl (C=O) groups excluding carboxylic acids is 1. The second-order valence-electron chi connectivity index (χ2n) is 6.28. The minimum absolute atomic E-state index is 0.0659. The topological polar surface area (TPSA) is 20.3 Å². The molecule has 0 saturated carbocycles. The molecule has 2 unspecified atom stereocenters. The third-order valence-electron chi connectivity index (χ3n) is 4.70. The van der Waals surface area contributed by atoms with Gasteiger partial charge < -0.3 is 0 Å². The fourth-order valence-electron chi connectivity index (χ4n) is 3.52. The lowest BCUT2D eigenvalue weighted by Gasteiger charge is -2.19. The summed E-state index contributed by atoms with van der Waals surface area (Å²) in [5, 5.41) is 0. The molecule has 2 nitrogen and oxygen atoms in total. The van der Waals surface area contributed by atoms with E-state index in [9.17, 15) is 4.79 Å². The Labute approximate surface area is 142 Å². The zero-order valence-corrected chi connectivity index (χ0v) is 13.6. The summed E-state index contributed by atoms with van der Waals surface area (Å²) >= 11 is 0. The van der Waals surface area contributed by atoms with E-state index in [-0.39, 0.29) is 17.7 Å². The number of nitrogens with zero attached hydrogens (tertiary/aromatic N) is 1. The average Bonchev–Trinajstić information content (AvgIpc) is 2.75. The molecule has 0 spiro atoms. The molecule has 2 aromatic rings. The molecule has 0 radical (unpaired) electrons. The molecule has 2 atom stereocenters. The zero-order chi connectivity index (χ0) is 16.5. The summed E-state index contributed by atoms with van der Waals surface area (Å²) in [6.45, 7) is 2.06. The molecule has 24 heavy (non-hydrogen) atoms. The Balaban J connectivity index is 1.84. The molecule has 0 bridgehead atoms. The second kappa shape index (κ2) is 5.97. The second-order valence-corrected chi connectivity index (χ2v) is 6.28. The number of amides is 1. The number of carbonyl (C=O) groups is 1. The van der Waals surface area contributed by atoms with Crippen molar-refractivity contribution in [1.82, 2.24) is 0 Å². The van der Waals surface area contributed by atoms with Gasteiger partial charge in [0.15, 0.2) is 0 Å². The van der Waals surface area contributed by atoms with Crippen molar-refractivity contribution in [2.24, 2.45) is 5.92 Å². The highest BCUT2D eigenvalue weighted by Gasteiger charge is 2.44. The summed E-state index contributed by atoms with van der Waals surface area (Å²) in [5.74, 6) is 0.0346. The van der Waals surface area contributed by atoms with Crippen molar-refractivity contribution in [1.29, 1.82) is 0 Å². The molecular weight excluding hydrogens is 294 g/mol. The van der Waals surface area contributed by atoms with Gasteiger partial charge in [0, 0.05) is 17.3 Å². The first-order valence-corrected chi connectivity index (χ1v) is 8.26. The van der Waals surface area contributed by atoms with Crippen LogP contribution in [0.2, 0.25) is 0 Å². The Morgan fingerprint density at radius 2 is 1.62 bits per heavy atom. The van der Waals surface area contributed by atoms with E-state index in [4.69, 9.17) is 0 Å². The maximum atomic E-state index is 13.3. The predicted molar refractivity (Wildman–Crippen MR) is 97.7 cm³/mol. The Bertz CT molecular complexity index is 843. The standard InChI is InChI=1S/C22H19NO/c1-16-12-14-18(15-13-16)23-20-11-7-3-6-10-19(20)21(22(23)24)17-8-4-2-5-9-17/h2-15,19,21H,1H3. The first-order valence-electron chi connectivity index (χ1n) is 8.26. The summed E-state index contributed by atoms with van der Waals surface area (Å²) in [7, 11) is 0. The molecule has 2 aliphatic rings. The maximum Gasteiger partial charge on any atom is 0.239 e. The van der Waals surface area contributed by atoms with Crippen molar-refractivity contribution in [2.75, 3.05) is 4.90 Å². The van der Waals surface area contributed by atoms with E-state index in [0.29, 0.717) is 0 Å². The van der Waals surface area contributed by atoms with Gasteiger partial charge >= 0.3 is 0 Å². The van der Waals surface area contributed by atoms with Gasteiger partial charge in [-0.1, -0.05) is 72.3 Å². The number of fused-ring (bicyclic) bond motifs is 1. The number of rotatable bonds is 2. The van der Waals surface area contributed by atoms with Gasteiger partial charge in [0.25, 0.3) is 0 Å². The van der Waals surface area contributed by atoms with Gasteiger partial charge in [-0.15, -0.1) is 0 Å². The van der Waals surface area contributed by atoms with Crippen molar-refractivity contribution in [3.63, 3.8) is 0 Å². The summed E-state index contributed by atoms with van der Waals surface area (Å²) in [5.41, 5.74) is 4.24. The molecule has 1 saturated heterocycles. The van der Waals surface area contributed by atoms with E-state index in [1.165, 1.54) is 5.56 Å². The molecule has 0 aromatic heterocycles. The predicted octanol–water partition coefficient (Wildman–Crippen LogP) is 4.75. The fraction of sp³-hybridized carbons (Fsp3) is 0.136. The summed E-state index contributed by atoms with van der Waals surface area (Å²) in [6, 6.07) is 18.2. The van der Waals surface area contributed by atoms with Crippen LogP contribution in [0.5, 0.6) is 0 Å². The Morgan fingerprint density at radius 1 is 0.875 bits per heavy atom. The van der Waals surface area contributed by atoms with E-state index >= 15 is 0 Å². The minimum Gasteiger partial charge on any atom is -0.284 e. The van der Waals surface area contributed by atoms with Gasteiger partial charge in [-0.05, 0) is 30.7 Å². The van der Waals surface area contributed by atoms with Gasteiger partial charge in [-0.2, -0.15) is 0 Å². The molecule has 2 aromatic carbocycles. The van der Waals surface area contributed by atoms with E-state index in [2.05, 4.69) is 31.2 Å². The van der Waals surface area contributed by atoms with Crippen LogP contribution < -0.4 is 4.90 Å². The lowest BCUT2D eigenvalue weighted by molar-refractivity contribution is -0.118. The number of hydrogen-bond acceptors (Lipinski definition) is 1. The number of aryl methyl sites for hydroxylation is 1. The SMILES string of the molecule is Cc1ccc(N2C(=O)C(c3ccccc3)C3C=CC=CC=C32)cc1. The Kier molecular flexibility index (Phi) is 3.66. The van der Waals surface area contributed by atoms with Crippen LogP contribution in [0.1, 0.15) is 17.0 Å². The van der Waals surface area contributed by atoms with E-state index in [1.807, 2.05) is 65.6 Å². The van der Waals surface area contributed by atoms with E-state index < -0.39 is 0 Å². The van der Waals surface area contributed by atoms with Crippen LogP contribution >= 0.6 is 0 Å². The Morgan fingerprint density at radius 3 is 2.38 bits per heavy atom. The molecule has 1 aliphatic carbocycles. The monoisotopic (exact) mass is 313 g/mol. The van der Waals surface area contributed by atoms with Crippen LogP contribution in [0.15, 0.2) is 90.7 Å². The quantitative estimate of drug-likeness (QED) is 0.783. The highest BCUT2D eigenvalue weighted by Crippen LogP contribution is 2.44. The third-order valence-corrected chi connectivity index (χ3v) is 4.70. The molecular formula is C22H19NO. The van der Waals surface area contributed by atoms with Crippen LogP contribution in [0.3, 0.4) is 0 Å². The third kappa shape index (κ3) is 2.41. The van der Waals surface area contributed by atoms with Gasteiger partial charge in [-0.25, -0.2) is 0 Å².